The first-order chi connectivity index (χ1) is 7.46. The van der Waals surface area contributed by atoms with Crippen molar-refractivity contribution in [2.24, 2.45) is 5.41 Å². The molecule has 0 aromatic carbocycles. The third kappa shape index (κ3) is 2.55. The van der Waals surface area contributed by atoms with Crippen molar-refractivity contribution in [2.45, 2.75) is 40.5 Å². The van der Waals surface area contributed by atoms with E-state index in [1.54, 1.807) is 0 Å². The molecule has 87 valence electrons. The maximum atomic E-state index is 4.38. The lowest BCUT2D eigenvalue weighted by Crippen LogP contribution is -2.37. The maximum absolute atomic E-state index is 4.38. The molecule has 1 aromatic rings. The molecule has 0 spiro atoms. The summed E-state index contributed by atoms with van der Waals surface area (Å²) in [5, 5.41) is 0. The molecule has 2 nitrogen and oxygen atoms in total. The van der Waals surface area contributed by atoms with Gasteiger partial charge in [0, 0.05) is 36.2 Å². The van der Waals surface area contributed by atoms with Gasteiger partial charge in [-0.2, -0.15) is 0 Å². The monoisotopic (exact) mass is 217 g/mol. The number of piperidine rings is 1. The van der Waals surface area contributed by atoms with Crippen LogP contribution in [0.4, 0.5) is 5.69 Å². The average molecular weight is 217 g/mol. The zero-order valence-electron chi connectivity index (χ0n) is 10.8. The van der Waals surface area contributed by atoms with E-state index in [1.807, 2.05) is 6.92 Å². The maximum Gasteiger partial charge on any atom is 0.0483 e. The topological polar surface area (TPSA) is 16.1 Å². The third-order valence-corrected chi connectivity index (χ3v) is 3.46. The van der Waals surface area contributed by atoms with E-state index in [2.05, 4.69) is 42.8 Å². The van der Waals surface area contributed by atoms with E-state index in [0.717, 1.165) is 24.5 Å². The predicted octanol–water partition coefficient (Wildman–Crippen LogP) is 3.13. The SMILES string of the molecule is Cc1[c]c(N2CCC(C)(C)CC2)cc(C)n1. The summed E-state index contributed by atoms with van der Waals surface area (Å²) in [7, 11) is 0. The smallest absolute Gasteiger partial charge is 0.0483 e. The Hall–Kier alpha value is -1.05. The number of rotatable bonds is 1. The summed E-state index contributed by atoms with van der Waals surface area (Å²) in [6.45, 7) is 11.1. The summed E-state index contributed by atoms with van der Waals surface area (Å²) in [5.74, 6) is 0. The predicted molar refractivity (Wildman–Crippen MR) is 67.8 cm³/mol. The van der Waals surface area contributed by atoms with Gasteiger partial charge >= 0.3 is 0 Å². The van der Waals surface area contributed by atoms with Crippen LogP contribution in [0, 0.1) is 25.3 Å². The minimum Gasteiger partial charge on any atom is -0.371 e. The van der Waals surface area contributed by atoms with Gasteiger partial charge in [0.2, 0.25) is 0 Å². The Morgan fingerprint density at radius 2 is 1.88 bits per heavy atom. The highest BCUT2D eigenvalue weighted by atomic mass is 15.1. The van der Waals surface area contributed by atoms with E-state index in [9.17, 15) is 0 Å². The molecule has 0 unspecified atom stereocenters. The van der Waals surface area contributed by atoms with Gasteiger partial charge in [-0.3, -0.25) is 4.98 Å². The average Bonchev–Trinajstić information content (AvgIpc) is 2.15. The number of aryl methyl sites for hydroxylation is 2. The van der Waals surface area contributed by atoms with Crippen LogP contribution >= 0.6 is 0 Å². The van der Waals surface area contributed by atoms with Gasteiger partial charge in [-0.25, -0.2) is 0 Å². The fourth-order valence-corrected chi connectivity index (χ4v) is 2.27. The van der Waals surface area contributed by atoms with E-state index in [-0.39, 0.29) is 0 Å². The number of hydrogen-bond acceptors (Lipinski definition) is 2. The first-order valence-corrected chi connectivity index (χ1v) is 6.09. The summed E-state index contributed by atoms with van der Waals surface area (Å²) in [5.41, 5.74) is 3.82. The lowest BCUT2D eigenvalue weighted by molar-refractivity contribution is 0.280. The van der Waals surface area contributed by atoms with Gasteiger partial charge < -0.3 is 4.90 Å². The van der Waals surface area contributed by atoms with E-state index < -0.39 is 0 Å². The molecule has 2 heterocycles. The molecule has 1 fully saturated rings. The minimum absolute atomic E-state index is 0.508. The number of pyridine rings is 1. The van der Waals surface area contributed by atoms with Crippen LogP contribution in [0.25, 0.3) is 0 Å². The van der Waals surface area contributed by atoms with Gasteiger partial charge in [-0.15, -0.1) is 0 Å². The Balaban J connectivity index is 2.14. The highest BCUT2D eigenvalue weighted by Gasteiger charge is 2.25. The van der Waals surface area contributed by atoms with Crippen LogP contribution in [-0.4, -0.2) is 18.1 Å². The molecule has 1 saturated heterocycles. The molecule has 1 aliphatic heterocycles. The molecule has 0 atom stereocenters. The zero-order chi connectivity index (χ0) is 11.8. The molecule has 0 amide bonds. The standard InChI is InChI=1S/C14H21N2/c1-11-9-13(10-12(2)15-11)16-7-5-14(3,4)6-8-16/h9H,5-8H2,1-4H3. The highest BCUT2D eigenvalue weighted by molar-refractivity contribution is 5.47. The molecule has 16 heavy (non-hydrogen) atoms. The molecule has 2 rings (SSSR count). The van der Waals surface area contributed by atoms with Crippen LogP contribution in [0.15, 0.2) is 6.07 Å². The van der Waals surface area contributed by atoms with E-state index >= 15 is 0 Å². The number of hydrogen-bond donors (Lipinski definition) is 0. The second-order valence-electron chi connectivity index (χ2n) is 5.64. The first-order valence-electron chi connectivity index (χ1n) is 6.09. The Morgan fingerprint density at radius 3 is 2.44 bits per heavy atom. The summed E-state index contributed by atoms with van der Waals surface area (Å²) >= 11 is 0. The van der Waals surface area contributed by atoms with E-state index in [4.69, 9.17) is 0 Å². The lowest BCUT2D eigenvalue weighted by atomic mass is 9.82. The highest BCUT2D eigenvalue weighted by Crippen LogP contribution is 2.32. The van der Waals surface area contributed by atoms with Crippen molar-refractivity contribution in [3.8, 4) is 0 Å². The lowest BCUT2D eigenvalue weighted by Gasteiger charge is -2.38. The molecule has 0 aliphatic carbocycles. The van der Waals surface area contributed by atoms with E-state index in [1.165, 1.54) is 18.5 Å². The van der Waals surface area contributed by atoms with Crippen molar-refractivity contribution in [2.75, 3.05) is 18.0 Å². The summed E-state index contributed by atoms with van der Waals surface area (Å²) in [4.78, 5) is 6.81. The van der Waals surface area contributed by atoms with Crippen molar-refractivity contribution in [3.63, 3.8) is 0 Å². The third-order valence-electron chi connectivity index (χ3n) is 3.46. The first kappa shape index (κ1) is 11.4. The summed E-state index contributed by atoms with van der Waals surface area (Å²) in [6.07, 6.45) is 2.53. The van der Waals surface area contributed by atoms with Crippen molar-refractivity contribution in [1.82, 2.24) is 4.98 Å². The molecule has 0 N–H and O–H groups in total. The largest absolute Gasteiger partial charge is 0.371 e. The van der Waals surface area contributed by atoms with Crippen LogP contribution in [0.5, 0.6) is 0 Å². The van der Waals surface area contributed by atoms with Crippen LogP contribution in [0.3, 0.4) is 0 Å². The molecule has 0 saturated carbocycles. The molecule has 1 aliphatic rings. The van der Waals surface area contributed by atoms with Crippen molar-refractivity contribution >= 4 is 5.69 Å². The van der Waals surface area contributed by atoms with Gasteiger partial charge in [0.25, 0.3) is 0 Å². The Labute approximate surface area is 98.7 Å². The zero-order valence-corrected chi connectivity index (χ0v) is 10.8. The Kier molecular flexibility index (Phi) is 2.92. The van der Waals surface area contributed by atoms with Crippen molar-refractivity contribution in [1.29, 1.82) is 0 Å². The van der Waals surface area contributed by atoms with Gasteiger partial charge in [0.05, 0.1) is 0 Å². The molecule has 0 bridgehead atoms. The number of nitrogens with zero attached hydrogens (tertiary/aromatic N) is 2. The van der Waals surface area contributed by atoms with Crippen LogP contribution in [-0.2, 0) is 0 Å². The van der Waals surface area contributed by atoms with Crippen LogP contribution in [0.1, 0.15) is 38.1 Å². The quantitative estimate of drug-likeness (QED) is 0.718. The fourth-order valence-electron chi connectivity index (χ4n) is 2.27. The molecular weight excluding hydrogens is 196 g/mol. The minimum atomic E-state index is 0.508. The van der Waals surface area contributed by atoms with Gasteiger partial charge in [0.1, 0.15) is 0 Å². The van der Waals surface area contributed by atoms with Crippen LogP contribution in [0.2, 0.25) is 0 Å². The van der Waals surface area contributed by atoms with Gasteiger partial charge in [-0.1, -0.05) is 13.8 Å². The van der Waals surface area contributed by atoms with Crippen LogP contribution < -0.4 is 4.90 Å². The van der Waals surface area contributed by atoms with Gasteiger partial charge in [-0.05, 0) is 38.2 Å². The summed E-state index contributed by atoms with van der Waals surface area (Å²) in [6, 6.07) is 5.50. The van der Waals surface area contributed by atoms with Gasteiger partial charge in [0.15, 0.2) is 0 Å². The Bertz CT molecular complexity index is 352. The Morgan fingerprint density at radius 1 is 1.25 bits per heavy atom. The van der Waals surface area contributed by atoms with Crippen molar-refractivity contribution < 1.29 is 0 Å². The second kappa shape index (κ2) is 4.08. The number of aromatic nitrogens is 1. The van der Waals surface area contributed by atoms with E-state index in [0.29, 0.717) is 5.41 Å². The van der Waals surface area contributed by atoms with Crippen molar-refractivity contribution in [3.05, 3.63) is 23.5 Å². The molecule has 2 heteroatoms. The second-order valence-corrected chi connectivity index (χ2v) is 5.64. The summed E-state index contributed by atoms with van der Waals surface area (Å²) < 4.78 is 0. The normalized spacial score (nSPS) is 19.9. The fraction of sp³-hybridized carbons (Fsp3) is 0.643. The molecule has 1 radical (unpaired) electrons. The number of anilines is 1. The molecule has 1 aromatic heterocycles. The molecular formula is C14H21N2.